The van der Waals surface area contributed by atoms with Crippen LogP contribution in [0.1, 0.15) is 38.8 Å². The van der Waals surface area contributed by atoms with Crippen LogP contribution in [0.3, 0.4) is 0 Å². The van der Waals surface area contributed by atoms with Crippen LogP contribution < -0.4 is 0 Å². The van der Waals surface area contributed by atoms with E-state index in [2.05, 4.69) is 12.1 Å². The van der Waals surface area contributed by atoms with Gasteiger partial charge in [-0.25, -0.2) is 4.79 Å². The molecule has 23 heavy (non-hydrogen) atoms. The zero-order chi connectivity index (χ0) is 16.2. The molecule has 1 amide bonds. The number of benzene rings is 2. The molecule has 0 saturated heterocycles. The van der Waals surface area contributed by atoms with Gasteiger partial charge in [0.15, 0.2) is 0 Å². The van der Waals surface area contributed by atoms with Crippen molar-refractivity contribution in [1.82, 2.24) is 4.90 Å². The first kappa shape index (κ1) is 15.3. The van der Waals surface area contributed by atoms with Gasteiger partial charge >= 0.3 is 5.97 Å². The third kappa shape index (κ3) is 3.26. The molecule has 3 rings (SSSR count). The highest BCUT2D eigenvalue weighted by molar-refractivity contribution is 5.96. The summed E-state index contributed by atoms with van der Waals surface area (Å²) in [6.45, 7) is 3.46. The van der Waals surface area contributed by atoms with Crippen molar-refractivity contribution in [2.24, 2.45) is 0 Å². The van der Waals surface area contributed by atoms with Crippen molar-refractivity contribution in [3.05, 3.63) is 70.8 Å². The van der Waals surface area contributed by atoms with Gasteiger partial charge in [0.25, 0.3) is 5.91 Å². The lowest BCUT2D eigenvalue weighted by atomic mass is 9.99. The molecule has 0 atom stereocenters. The number of ether oxygens (including phenoxy) is 1. The van der Waals surface area contributed by atoms with Gasteiger partial charge in [0, 0.05) is 18.7 Å². The fraction of sp³-hybridized carbons (Fsp3) is 0.263. The Balaban J connectivity index is 1.73. The summed E-state index contributed by atoms with van der Waals surface area (Å²) in [6, 6.07) is 14.9. The first-order valence-corrected chi connectivity index (χ1v) is 7.82. The highest BCUT2D eigenvalue weighted by atomic mass is 16.5. The zero-order valence-electron chi connectivity index (χ0n) is 13.1. The Morgan fingerprint density at radius 2 is 1.65 bits per heavy atom. The van der Waals surface area contributed by atoms with Gasteiger partial charge < -0.3 is 9.64 Å². The predicted molar refractivity (Wildman–Crippen MR) is 87.3 cm³/mol. The Labute approximate surface area is 135 Å². The Kier molecular flexibility index (Phi) is 4.42. The fourth-order valence-electron chi connectivity index (χ4n) is 2.81. The highest BCUT2D eigenvalue weighted by Crippen LogP contribution is 2.20. The number of carbonyl (C=O) groups excluding carboxylic acids is 2. The molecule has 0 radical (unpaired) electrons. The van der Waals surface area contributed by atoms with Crippen molar-refractivity contribution in [2.45, 2.75) is 19.9 Å². The van der Waals surface area contributed by atoms with Crippen molar-refractivity contribution in [2.75, 3.05) is 13.2 Å². The third-order valence-corrected chi connectivity index (χ3v) is 4.06. The third-order valence-electron chi connectivity index (χ3n) is 4.06. The van der Waals surface area contributed by atoms with E-state index in [1.807, 2.05) is 17.0 Å². The number of carbonyl (C=O) groups is 2. The molecule has 0 aromatic heterocycles. The Bertz CT molecular complexity index is 722. The summed E-state index contributed by atoms with van der Waals surface area (Å²) >= 11 is 0. The molecule has 0 aliphatic carbocycles. The average Bonchev–Trinajstić information content (AvgIpc) is 2.61. The van der Waals surface area contributed by atoms with Gasteiger partial charge in [-0.3, -0.25) is 4.79 Å². The van der Waals surface area contributed by atoms with Crippen LogP contribution in [-0.2, 0) is 17.7 Å². The molecule has 1 aliphatic rings. The Morgan fingerprint density at radius 3 is 2.35 bits per heavy atom. The van der Waals surface area contributed by atoms with E-state index in [0.29, 0.717) is 24.3 Å². The maximum atomic E-state index is 12.6. The summed E-state index contributed by atoms with van der Waals surface area (Å²) < 4.78 is 4.95. The lowest BCUT2D eigenvalue weighted by Gasteiger charge is -2.29. The van der Waals surface area contributed by atoms with Crippen LogP contribution in [-0.4, -0.2) is 29.9 Å². The van der Waals surface area contributed by atoms with Gasteiger partial charge in [-0.2, -0.15) is 0 Å². The summed E-state index contributed by atoms with van der Waals surface area (Å²) in [5.41, 5.74) is 3.58. The molecule has 1 aliphatic heterocycles. The minimum absolute atomic E-state index is 0.00471. The summed E-state index contributed by atoms with van der Waals surface area (Å²) in [7, 11) is 0. The Morgan fingerprint density at radius 1 is 1.00 bits per heavy atom. The van der Waals surface area contributed by atoms with E-state index in [-0.39, 0.29) is 11.9 Å². The quantitative estimate of drug-likeness (QED) is 0.819. The SMILES string of the molecule is CCOC(=O)c1ccc(C(=O)N2CCc3ccccc3C2)cc1. The molecule has 4 heteroatoms. The molecule has 2 aromatic carbocycles. The molecule has 0 saturated carbocycles. The smallest absolute Gasteiger partial charge is 0.338 e. The van der Waals surface area contributed by atoms with Crippen LogP contribution in [0, 0.1) is 0 Å². The summed E-state index contributed by atoms with van der Waals surface area (Å²) in [5, 5.41) is 0. The van der Waals surface area contributed by atoms with Crippen molar-refractivity contribution >= 4 is 11.9 Å². The standard InChI is InChI=1S/C19H19NO3/c1-2-23-19(22)16-9-7-15(8-10-16)18(21)20-12-11-14-5-3-4-6-17(14)13-20/h3-10H,2,11-13H2,1H3. The van der Waals surface area contributed by atoms with Gasteiger partial charge in [-0.05, 0) is 48.7 Å². The largest absolute Gasteiger partial charge is 0.462 e. The topological polar surface area (TPSA) is 46.6 Å². The van der Waals surface area contributed by atoms with Gasteiger partial charge in [0.05, 0.1) is 12.2 Å². The number of amides is 1. The van der Waals surface area contributed by atoms with E-state index in [9.17, 15) is 9.59 Å². The van der Waals surface area contributed by atoms with Crippen LogP contribution in [0.25, 0.3) is 0 Å². The second-order valence-corrected chi connectivity index (χ2v) is 5.54. The first-order valence-electron chi connectivity index (χ1n) is 7.82. The first-order chi connectivity index (χ1) is 11.2. The highest BCUT2D eigenvalue weighted by Gasteiger charge is 2.21. The lowest BCUT2D eigenvalue weighted by molar-refractivity contribution is 0.0525. The molecule has 2 aromatic rings. The van der Waals surface area contributed by atoms with Crippen molar-refractivity contribution < 1.29 is 14.3 Å². The van der Waals surface area contributed by atoms with Crippen LogP contribution in [0.5, 0.6) is 0 Å². The molecule has 4 nitrogen and oxygen atoms in total. The van der Waals surface area contributed by atoms with Gasteiger partial charge in [-0.15, -0.1) is 0 Å². The number of hydrogen-bond donors (Lipinski definition) is 0. The number of esters is 1. The second-order valence-electron chi connectivity index (χ2n) is 5.54. The van der Waals surface area contributed by atoms with Crippen molar-refractivity contribution in [3.8, 4) is 0 Å². The van der Waals surface area contributed by atoms with E-state index in [1.165, 1.54) is 11.1 Å². The molecule has 118 valence electrons. The van der Waals surface area contributed by atoms with Gasteiger partial charge in [0.2, 0.25) is 0 Å². The molecular formula is C19H19NO3. The molecule has 0 unspecified atom stereocenters. The van der Waals surface area contributed by atoms with Gasteiger partial charge in [-0.1, -0.05) is 24.3 Å². The average molecular weight is 309 g/mol. The van der Waals surface area contributed by atoms with Crippen LogP contribution in [0.15, 0.2) is 48.5 Å². The molecule has 0 spiro atoms. The zero-order valence-corrected chi connectivity index (χ0v) is 13.1. The summed E-state index contributed by atoms with van der Waals surface area (Å²) in [6.07, 6.45) is 0.878. The van der Waals surface area contributed by atoms with E-state index in [4.69, 9.17) is 4.74 Å². The predicted octanol–water partition coefficient (Wildman–Crippen LogP) is 3.06. The lowest BCUT2D eigenvalue weighted by Crippen LogP contribution is -2.35. The number of nitrogens with zero attached hydrogens (tertiary/aromatic N) is 1. The number of hydrogen-bond acceptors (Lipinski definition) is 3. The van der Waals surface area contributed by atoms with Crippen LogP contribution in [0.4, 0.5) is 0 Å². The molecule has 0 N–H and O–H groups in total. The molecular weight excluding hydrogens is 290 g/mol. The minimum Gasteiger partial charge on any atom is -0.462 e. The molecule has 0 bridgehead atoms. The summed E-state index contributed by atoms with van der Waals surface area (Å²) in [5.74, 6) is -0.367. The van der Waals surface area contributed by atoms with Crippen LogP contribution in [0.2, 0.25) is 0 Å². The number of fused-ring (bicyclic) bond motifs is 1. The molecule has 0 fully saturated rings. The van der Waals surface area contributed by atoms with Crippen LogP contribution >= 0.6 is 0 Å². The second kappa shape index (κ2) is 6.65. The fourth-order valence-corrected chi connectivity index (χ4v) is 2.81. The van der Waals surface area contributed by atoms with Crippen molar-refractivity contribution in [1.29, 1.82) is 0 Å². The minimum atomic E-state index is -0.363. The van der Waals surface area contributed by atoms with Crippen molar-refractivity contribution in [3.63, 3.8) is 0 Å². The summed E-state index contributed by atoms with van der Waals surface area (Å²) in [4.78, 5) is 26.1. The Hall–Kier alpha value is -2.62. The van der Waals surface area contributed by atoms with E-state index in [1.54, 1.807) is 31.2 Å². The van der Waals surface area contributed by atoms with Gasteiger partial charge in [0.1, 0.15) is 0 Å². The van der Waals surface area contributed by atoms with E-state index in [0.717, 1.165) is 13.0 Å². The maximum absolute atomic E-state index is 12.6. The monoisotopic (exact) mass is 309 g/mol. The normalized spacial score (nSPS) is 13.3. The number of rotatable bonds is 3. The van der Waals surface area contributed by atoms with E-state index >= 15 is 0 Å². The van der Waals surface area contributed by atoms with E-state index < -0.39 is 0 Å². The molecule has 1 heterocycles. The maximum Gasteiger partial charge on any atom is 0.338 e.